The van der Waals surface area contributed by atoms with Gasteiger partial charge in [-0.05, 0) is 30.7 Å². The molecule has 1 rings (SSSR count). The van der Waals surface area contributed by atoms with Crippen molar-refractivity contribution >= 4 is 33.5 Å². The largest absolute Gasteiger partial charge is 0.481 e. The molecule has 0 aliphatic heterocycles. The van der Waals surface area contributed by atoms with Crippen molar-refractivity contribution in [2.75, 3.05) is 10.5 Å². The molecule has 0 saturated heterocycles. The molecule has 0 amide bonds. The van der Waals surface area contributed by atoms with E-state index in [1.54, 1.807) is 0 Å². The van der Waals surface area contributed by atoms with Gasteiger partial charge in [-0.1, -0.05) is 0 Å². The quantitative estimate of drug-likeness (QED) is 0.416. The second-order valence-corrected chi connectivity index (χ2v) is 5.62. The Labute approximate surface area is 121 Å². The number of hydrogen-bond acceptors (Lipinski definition) is 5. The molecule has 0 fully saturated rings. The smallest absolute Gasteiger partial charge is 0.321 e. The summed E-state index contributed by atoms with van der Waals surface area (Å²) in [5.41, 5.74) is 6.09. The van der Waals surface area contributed by atoms with Gasteiger partial charge in [0, 0.05) is 17.8 Å². The predicted molar refractivity (Wildman–Crippen MR) is 74.8 cm³/mol. The molecule has 9 nitrogen and oxygen atoms in total. The number of nitrogens with one attached hydrogen (secondary N) is 2. The van der Waals surface area contributed by atoms with E-state index < -0.39 is 34.6 Å². The van der Waals surface area contributed by atoms with Gasteiger partial charge in [-0.2, -0.15) is 13.1 Å². The van der Waals surface area contributed by atoms with Crippen LogP contribution in [-0.4, -0.2) is 36.6 Å². The average molecular weight is 317 g/mol. The first-order valence-electron chi connectivity index (χ1n) is 5.80. The highest BCUT2D eigenvalue weighted by Gasteiger charge is 2.24. The van der Waals surface area contributed by atoms with E-state index in [1.807, 2.05) is 4.72 Å². The number of carboxylic acid groups (broad SMARTS) is 2. The van der Waals surface area contributed by atoms with E-state index in [-0.39, 0.29) is 12.1 Å². The molecule has 1 aromatic carbocycles. The van der Waals surface area contributed by atoms with Crippen LogP contribution in [0.1, 0.15) is 12.8 Å². The van der Waals surface area contributed by atoms with Crippen LogP contribution in [0, 0.1) is 0 Å². The van der Waals surface area contributed by atoms with Crippen LogP contribution in [0.4, 0.5) is 11.4 Å². The topological polar surface area (TPSA) is 159 Å². The van der Waals surface area contributed by atoms with Crippen molar-refractivity contribution in [3.8, 4) is 0 Å². The van der Waals surface area contributed by atoms with Gasteiger partial charge in [0.05, 0.1) is 0 Å². The van der Waals surface area contributed by atoms with Gasteiger partial charge in [0.15, 0.2) is 0 Å². The van der Waals surface area contributed by atoms with Gasteiger partial charge in [-0.15, -0.1) is 0 Å². The molecule has 1 aromatic rings. The van der Waals surface area contributed by atoms with Crippen LogP contribution >= 0.6 is 0 Å². The van der Waals surface area contributed by atoms with E-state index in [0.717, 1.165) is 0 Å². The van der Waals surface area contributed by atoms with Crippen LogP contribution in [0.2, 0.25) is 0 Å². The summed E-state index contributed by atoms with van der Waals surface area (Å²) in [5, 5.41) is 17.4. The molecule has 0 aromatic heterocycles. The Morgan fingerprint density at radius 1 is 1.19 bits per heavy atom. The number of anilines is 2. The second-order valence-electron chi connectivity index (χ2n) is 4.17. The fraction of sp³-hybridized carbons (Fsp3) is 0.273. The van der Waals surface area contributed by atoms with Crippen molar-refractivity contribution in [3.63, 3.8) is 0 Å². The molecule has 0 bridgehead atoms. The first-order chi connectivity index (χ1) is 9.69. The molecule has 116 valence electrons. The van der Waals surface area contributed by atoms with Crippen molar-refractivity contribution < 1.29 is 28.2 Å². The summed E-state index contributed by atoms with van der Waals surface area (Å²) in [6, 6.07) is 4.21. The van der Waals surface area contributed by atoms with E-state index in [1.165, 1.54) is 24.3 Å². The fourth-order valence-electron chi connectivity index (χ4n) is 1.42. The molecule has 0 aliphatic carbocycles. The summed E-state index contributed by atoms with van der Waals surface area (Å²) in [4.78, 5) is 21.3. The molecule has 21 heavy (non-hydrogen) atoms. The van der Waals surface area contributed by atoms with Gasteiger partial charge in [0.1, 0.15) is 6.04 Å². The van der Waals surface area contributed by atoms with E-state index >= 15 is 0 Å². The minimum absolute atomic E-state index is 0.194. The predicted octanol–water partition coefficient (Wildman–Crippen LogP) is -0.167. The molecule has 0 radical (unpaired) electrons. The molecule has 1 atom stereocenters. The zero-order valence-corrected chi connectivity index (χ0v) is 11.6. The van der Waals surface area contributed by atoms with Gasteiger partial charge < -0.3 is 15.9 Å². The summed E-state index contributed by atoms with van der Waals surface area (Å²) in [7, 11) is -4.15. The molecule has 10 heteroatoms. The molecule has 0 saturated carbocycles. The Hall–Kier alpha value is -2.33. The van der Waals surface area contributed by atoms with Crippen molar-refractivity contribution in [3.05, 3.63) is 24.3 Å². The third kappa shape index (κ3) is 6.10. The Balaban J connectivity index is 2.74. The third-order valence-electron chi connectivity index (χ3n) is 2.41. The molecule has 6 N–H and O–H groups in total. The lowest BCUT2D eigenvalue weighted by atomic mass is 10.2. The van der Waals surface area contributed by atoms with Crippen LogP contribution in [0.5, 0.6) is 0 Å². The maximum absolute atomic E-state index is 11.8. The van der Waals surface area contributed by atoms with Crippen LogP contribution in [0.3, 0.4) is 0 Å². The minimum Gasteiger partial charge on any atom is -0.481 e. The number of benzene rings is 1. The summed E-state index contributed by atoms with van der Waals surface area (Å²) in [5.74, 6) is -2.68. The van der Waals surface area contributed by atoms with Crippen molar-refractivity contribution in [1.82, 2.24) is 4.72 Å². The average Bonchev–Trinajstić information content (AvgIpc) is 2.36. The lowest BCUT2D eigenvalue weighted by Crippen LogP contribution is -2.43. The van der Waals surface area contributed by atoms with Gasteiger partial charge in [-0.25, -0.2) is 0 Å². The van der Waals surface area contributed by atoms with Crippen molar-refractivity contribution in [2.24, 2.45) is 0 Å². The first kappa shape index (κ1) is 16.7. The molecule has 0 unspecified atom stereocenters. The van der Waals surface area contributed by atoms with E-state index in [9.17, 15) is 18.0 Å². The number of carbonyl (C=O) groups is 2. The van der Waals surface area contributed by atoms with Crippen molar-refractivity contribution in [1.29, 1.82) is 0 Å². The lowest BCUT2D eigenvalue weighted by Gasteiger charge is -2.15. The highest BCUT2D eigenvalue weighted by molar-refractivity contribution is 7.90. The number of nitrogens with two attached hydrogens (primary N) is 1. The zero-order valence-electron chi connectivity index (χ0n) is 10.8. The summed E-state index contributed by atoms with van der Waals surface area (Å²) in [6.45, 7) is 0. The van der Waals surface area contributed by atoms with Crippen LogP contribution in [-0.2, 0) is 19.8 Å². The first-order valence-corrected chi connectivity index (χ1v) is 7.28. The monoisotopic (exact) mass is 317 g/mol. The highest BCUT2D eigenvalue weighted by Crippen LogP contribution is 2.12. The normalized spacial score (nSPS) is 12.6. The van der Waals surface area contributed by atoms with Crippen LogP contribution < -0.4 is 15.2 Å². The molecular formula is C11H15N3O6S. The maximum Gasteiger partial charge on any atom is 0.321 e. The Bertz CT molecular complexity index is 613. The van der Waals surface area contributed by atoms with Crippen LogP contribution in [0.15, 0.2) is 24.3 Å². The van der Waals surface area contributed by atoms with Crippen molar-refractivity contribution in [2.45, 2.75) is 18.9 Å². The lowest BCUT2D eigenvalue weighted by molar-refractivity contribution is -0.140. The van der Waals surface area contributed by atoms with Gasteiger partial charge in [0.2, 0.25) is 0 Å². The number of carboxylic acids is 2. The van der Waals surface area contributed by atoms with Gasteiger partial charge >= 0.3 is 11.9 Å². The zero-order chi connectivity index (χ0) is 16.0. The summed E-state index contributed by atoms with van der Waals surface area (Å²) in [6.07, 6.45) is -0.839. The van der Waals surface area contributed by atoms with E-state index in [2.05, 4.69) is 4.72 Å². The number of aliphatic carboxylic acids is 2. The van der Waals surface area contributed by atoms with E-state index in [0.29, 0.717) is 5.69 Å². The molecule has 0 heterocycles. The van der Waals surface area contributed by atoms with Gasteiger partial charge in [0.25, 0.3) is 10.2 Å². The maximum atomic E-state index is 11.8. The number of nitrogen functional groups attached to an aromatic ring is 1. The standard InChI is InChI=1S/C11H15N3O6S/c12-7-1-3-8(4-2-7)13-21(19,20)14-9(11(17)18)5-6-10(15)16/h1-4,9,13-14H,5-6,12H2,(H,15,16)(H,17,18)/t9-/m0/s1. The third-order valence-corrected chi connectivity index (χ3v) is 3.50. The Kier molecular flexibility index (Phi) is 5.50. The number of hydrogen-bond donors (Lipinski definition) is 5. The molecule has 0 aliphatic rings. The number of rotatable bonds is 8. The van der Waals surface area contributed by atoms with Gasteiger partial charge in [-0.3, -0.25) is 14.3 Å². The summed E-state index contributed by atoms with van der Waals surface area (Å²) < 4.78 is 27.6. The van der Waals surface area contributed by atoms with E-state index in [4.69, 9.17) is 15.9 Å². The highest BCUT2D eigenvalue weighted by atomic mass is 32.2. The second kappa shape index (κ2) is 6.90. The minimum atomic E-state index is -4.15. The summed E-state index contributed by atoms with van der Waals surface area (Å²) >= 11 is 0. The fourth-order valence-corrected chi connectivity index (χ4v) is 2.52. The Morgan fingerprint density at radius 2 is 1.76 bits per heavy atom. The van der Waals surface area contributed by atoms with Crippen LogP contribution in [0.25, 0.3) is 0 Å². The Morgan fingerprint density at radius 3 is 2.24 bits per heavy atom. The SMILES string of the molecule is Nc1ccc(NS(=O)(=O)N[C@@H](CCC(=O)O)C(=O)O)cc1. The molecular weight excluding hydrogens is 302 g/mol. The molecule has 0 spiro atoms.